The minimum Gasteiger partial charge on any atom is -0.274 e. The summed E-state index contributed by atoms with van der Waals surface area (Å²) in [5.74, 6) is 0.355. The molecule has 0 unspecified atom stereocenters. The van der Waals surface area contributed by atoms with Gasteiger partial charge in [-0.3, -0.25) is 13.9 Å². The largest absolute Gasteiger partial charge is 0.332 e. The fourth-order valence-corrected chi connectivity index (χ4v) is 2.96. The van der Waals surface area contributed by atoms with Gasteiger partial charge in [0.2, 0.25) is 0 Å². The number of benzene rings is 2. The first kappa shape index (κ1) is 16.8. The maximum atomic E-state index is 12.6. The van der Waals surface area contributed by atoms with E-state index in [0.717, 1.165) is 15.7 Å². The molecule has 0 aliphatic carbocycles. The van der Waals surface area contributed by atoms with Crippen LogP contribution in [-0.4, -0.2) is 24.3 Å². The van der Waals surface area contributed by atoms with Crippen molar-refractivity contribution in [2.45, 2.75) is 13.0 Å². The fraction of sp³-hybridized carbons (Fsp3) is 0.150. The Morgan fingerprint density at radius 3 is 2.26 bits per heavy atom. The van der Waals surface area contributed by atoms with E-state index in [1.54, 1.807) is 0 Å². The second-order valence-corrected chi connectivity index (χ2v) is 6.21. The summed E-state index contributed by atoms with van der Waals surface area (Å²) in [6.45, 7) is 0.383. The third-order valence-corrected chi connectivity index (χ3v) is 4.45. The van der Waals surface area contributed by atoms with Gasteiger partial charge in [0, 0.05) is 19.2 Å². The summed E-state index contributed by atoms with van der Waals surface area (Å²) in [7, 11) is 1.45. The predicted molar refractivity (Wildman–Crippen MR) is 102 cm³/mol. The quantitative estimate of drug-likeness (QED) is 0.555. The number of aryl methyl sites for hydroxylation is 2. The van der Waals surface area contributed by atoms with Gasteiger partial charge in [0.05, 0.1) is 0 Å². The standard InChI is InChI=1S/C20H17N5O2/c1-24-19(26)16-18(23-22-17(21-16)15-10-6-3-7-11-15)25(20(24)27)13-12-14-8-4-2-5-9-14/h2-11H,12-13H2,1H3. The first-order valence-electron chi connectivity index (χ1n) is 8.59. The zero-order valence-electron chi connectivity index (χ0n) is 14.7. The zero-order chi connectivity index (χ0) is 18.8. The number of hydrogen-bond donors (Lipinski definition) is 0. The Hall–Kier alpha value is -3.61. The molecule has 0 amide bonds. The van der Waals surface area contributed by atoms with E-state index in [1.165, 1.54) is 11.6 Å². The molecule has 0 atom stereocenters. The van der Waals surface area contributed by atoms with E-state index in [0.29, 0.717) is 18.8 Å². The van der Waals surface area contributed by atoms with Crippen LogP contribution in [-0.2, 0) is 20.0 Å². The summed E-state index contributed by atoms with van der Waals surface area (Å²) in [5.41, 5.74) is 1.30. The van der Waals surface area contributed by atoms with Crippen LogP contribution in [0, 0.1) is 0 Å². The molecular weight excluding hydrogens is 342 g/mol. The minimum absolute atomic E-state index is 0.138. The first-order chi connectivity index (χ1) is 13.1. The van der Waals surface area contributed by atoms with Gasteiger partial charge in [-0.25, -0.2) is 9.78 Å². The van der Waals surface area contributed by atoms with Crippen molar-refractivity contribution in [1.29, 1.82) is 0 Å². The van der Waals surface area contributed by atoms with Crippen LogP contribution < -0.4 is 11.2 Å². The highest BCUT2D eigenvalue weighted by atomic mass is 16.2. The highest BCUT2D eigenvalue weighted by Crippen LogP contribution is 2.14. The molecule has 2 heterocycles. The molecule has 0 bridgehead atoms. The Bertz CT molecular complexity index is 1210. The SMILES string of the molecule is Cn1c(=O)c2nc(-c3ccccc3)nnc2n(CCc2ccccc2)c1=O. The molecule has 0 radical (unpaired) electrons. The van der Waals surface area contributed by atoms with Crippen molar-refractivity contribution in [2.24, 2.45) is 7.05 Å². The van der Waals surface area contributed by atoms with E-state index in [9.17, 15) is 9.59 Å². The summed E-state index contributed by atoms with van der Waals surface area (Å²) < 4.78 is 2.52. The molecule has 7 nitrogen and oxygen atoms in total. The van der Waals surface area contributed by atoms with Crippen molar-refractivity contribution in [3.63, 3.8) is 0 Å². The summed E-state index contributed by atoms with van der Waals surface area (Å²) in [6, 6.07) is 19.1. The number of rotatable bonds is 4. The lowest BCUT2D eigenvalue weighted by atomic mass is 10.1. The van der Waals surface area contributed by atoms with Crippen LogP contribution in [0.5, 0.6) is 0 Å². The fourth-order valence-electron chi connectivity index (χ4n) is 2.96. The maximum absolute atomic E-state index is 12.6. The smallest absolute Gasteiger partial charge is 0.274 e. The van der Waals surface area contributed by atoms with Crippen LogP contribution in [0.3, 0.4) is 0 Å². The van der Waals surface area contributed by atoms with Crippen molar-refractivity contribution in [2.75, 3.05) is 0 Å². The Labute approximate surface area is 154 Å². The molecule has 2 aromatic carbocycles. The molecule has 0 aliphatic heterocycles. The second kappa shape index (κ2) is 6.95. The number of aromatic nitrogens is 5. The molecule has 27 heavy (non-hydrogen) atoms. The topological polar surface area (TPSA) is 82.7 Å². The Morgan fingerprint density at radius 1 is 0.889 bits per heavy atom. The molecule has 4 rings (SSSR count). The maximum Gasteiger partial charge on any atom is 0.332 e. The van der Waals surface area contributed by atoms with Crippen molar-refractivity contribution < 1.29 is 0 Å². The molecule has 7 heteroatoms. The van der Waals surface area contributed by atoms with Gasteiger partial charge in [-0.2, -0.15) is 0 Å². The molecular formula is C20H17N5O2. The third-order valence-electron chi connectivity index (χ3n) is 4.45. The van der Waals surface area contributed by atoms with Crippen molar-refractivity contribution in [3.05, 3.63) is 87.1 Å². The molecule has 0 spiro atoms. The lowest BCUT2D eigenvalue weighted by Gasteiger charge is -2.11. The molecule has 0 aliphatic rings. The number of hydrogen-bond acceptors (Lipinski definition) is 5. The van der Waals surface area contributed by atoms with Gasteiger partial charge in [-0.05, 0) is 12.0 Å². The highest BCUT2D eigenvalue weighted by molar-refractivity contribution is 5.71. The van der Waals surface area contributed by atoms with Gasteiger partial charge < -0.3 is 0 Å². The van der Waals surface area contributed by atoms with Crippen molar-refractivity contribution in [3.8, 4) is 11.4 Å². The zero-order valence-corrected chi connectivity index (χ0v) is 14.7. The van der Waals surface area contributed by atoms with Gasteiger partial charge in [0.1, 0.15) is 0 Å². The van der Waals surface area contributed by atoms with Crippen LogP contribution in [0.1, 0.15) is 5.56 Å². The Kier molecular flexibility index (Phi) is 4.33. The summed E-state index contributed by atoms with van der Waals surface area (Å²) in [6.07, 6.45) is 0.635. The average Bonchev–Trinajstić information content (AvgIpc) is 2.73. The lowest BCUT2D eigenvalue weighted by molar-refractivity contribution is 0.614. The van der Waals surface area contributed by atoms with Gasteiger partial charge >= 0.3 is 5.69 Å². The van der Waals surface area contributed by atoms with Crippen LogP contribution in [0.25, 0.3) is 22.6 Å². The van der Waals surface area contributed by atoms with E-state index < -0.39 is 11.2 Å². The Morgan fingerprint density at radius 2 is 1.56 bits per heavy atom. The molecule has 0 saturated heterocycles. The molecule has 2 aromatic heterocycles. The minimum atomic E-state index is -0.474. The van der Waals surface area contributed by atoms with Gasteiger partial charge in [-0.15, -0.1) is 10.2 Å². The highest BCUT2D eigenvalue weighted by Gasteiger charge is 2.15. The van der Waals surface area contributed by atoms with Crippen LogP contribution in [0.2, 0.25) is 0 Å². The van der Waals surface area contributed by atoms with Gasteiger partial charge in [0.15, 0.2) is 17.0 Å². The normalized spacial score (nSPS) is 11.0. The van der Waals surface area contributed by atoms with E-state index in [-0.39, 0.29) is 11.2 Å². The molecule has 4 aromatic rings. The summed E-state index contributed by atoms with van der Waals surface area (Å²) in [5, 5.41) is 8.31. The van der Waals surface area contributed by atoms with E-state index in [4.69, 9.17) is 0 Å². The summed E-state index contributed by atoms with van der Waals surface area (Å²) in [4.78, 5) is 29.6. The summed E-state index contributed by atoms with van der Waals surface area (Å²) >= 11 is 0. The van der Waals surface area contributed by atoms with Crippen LogP contribution in [0.4, 0.5) is 0 Å². The number of fused-ring (bicyclic) bond motifs is 1. The van der Waals surface area contributed by atoms with Gasteiger partial charge in [-0.1, -0.05) is 60.7 Å². The predicted octanol–water partition coefficient (Wildman–Crippen LogP) is 1.79. The lowest BCUT2D eigenvalue weighted by Crippen LogP contribution is -2.39. The third kappa shape index (κ3) is 3.15. The molecule has 0 fully saturated rings. The van der Waals surface area contributed by atoms with E-state index in [2.05, 4.69) is 15.2 Å². The van der Waals surface area contributed by atoms with Crippen molar-refractivity contribution >= 4 is 11.2 Å². The molecule has 134 valence electrons. The van der Waals surface area contributed by atoms with Crippen LogP contribution >= 0.6 is 0 Å². The number of nitrogens with zero attached hydrogens (tertiary/aromatic N) is 5. The Balaban J connectivity index is 1.84. The van der Waals surface area contributed by atoms with Crippen molar-refractivity contribution in [1.82, 2.24) is 24.3 Å². The average molecular weight is 359 g/mol. The molecule has 0 saturated carbocycles. The van der Waals surface area contributed by atoms with E-state index >= 15 is 0 Å². The van der Waals surface area contributed by atoms with E-state index in [1.807, 2.05) is 60.7 Å². The molecule has 0 N–H and O–H groups in total. The monoisotopic (exact) mass is 359 g/mol. The second-order valence-electron chi connectivity index (χ2n) is 6.21. The first-order valence-corrected chi connectivity index (χ1v) is 8.59. The van der Waals surface area contributed by atoms with Crippen LogP contribution in [0.15, 0.2) is 70.3 Å². The van der Waals surface area contributed by atoms with Gasteiger partial charge in [0.25, 0.3) is 5.56 Å².